The third kappa shape index (κ3) is 3.28. The first kappa shape index (κ1) is 12.5. The number of amides is 1. The zero-order valence-electron chi connectivity index (χ0n) is 9.11. The van der Waals surface area contributed by atoms with Gasteiger partial charge in [-0.05, 0) is 31.4 Å². The lowest BCUT2D eigenvalue weighted by atomic mass is 10.2. The van der Waals surface area contributed by atoms with Crippen molar-refractivity contribution in [1.82, 2.24) is 9.97 Å². The first-order valence-corrected chi connectivity index (χ1v) is 5.96. The maximum Gasteiger partial charge on any atom is 0.254 e. The lowest BCUT2D eigenvalue weighted by Gasteiger charge is -2.11. The van der Waals surface area contributed by atoms with Crippen LogP contribution in [0.15, 0.2) is 6.07 Å². The van der Waals surface area contributed by atoms with Crippen LogP contribution in [0.5, 0.6) is 0 Å². The zero-order valence-corrected chi connectivity index (χ0v) is 10.6. The Morgan fingerprint density at radius 1 is 1.47 bits per heavy atom. The predicted molar refractivity (Wildman–Crippen MR) is 64.3 cm³/mol. The Labute approximate surface area is 108 Å². The summed E-state index contributed by atoms with van der Waals surface area (Å²) < 4.78 is 5.43. The Balaban J connectivity index is 2.03. The molecule has 2 heterocycles. The van der Waals surface area contributed by atoms with Crippen LogP contribution in [0.3, 0.4) is 0 Å². The lowest BCUT2D eigenvalue weighted by Crippen LogP contribution is -2.28. The average molecular weight is 276 g/mol. The van der Waals surface area contributed by atoms with Crippen molar-refractivity contribution < 1.29 is 9.53 Å². The molecule has 0 aromatic carbocycles. The van der Waals surface area contributed by atoms with Crippen molar-refractivity contribution in [2.75, 3.05) is 5.32 Å². The van der Waals surface area contributed by atoms with Gasteiger partial charge < -0.3 is 10.1 Å². The van der Waals surface area contributed by atoms with Crippen molar-refractivity contribution in [2.24, 2.45) is 0 Å². The molecular weight excluding hydrogens is 265 g/mol. The van der Waals surface area contributed by atoms with Crippen LogP contribution in [-0.2, 0) is 9.53 Å². The largest absolute Gasteiger partial charge is 0.365 e. The highest BCUT2D eigenvalue weighted by Crippen LogP contribution is 2.21. The number of ether oxygens (including phenoxy) is 1. The van der Waals surface area contributed by atoms with Gasteiger partial charge in [0.25, 0.3) is 5.91 Å². The van der Waals surface area contributed by atoms with Gasteiger partial charge in [-0.2, -0.15) is 0 Å². The van der Waals surface area contributed by atoms with E-state index in [4.69, 9.17) is 27.9 Å². The smallest absolute Gasteiger partial charge is 0.254 e. The van der Waals surface area contributed by atoms with Crippen molar-refractivity contribution in [3.05, 3.63) is 16.5 Å². The van der Waals surface area contributed by atoms with Crippen molar-refractivity contribution >= 4 is 34.9 Å². The molecule has 2 rings (SSSR count). The fraction of sp³-hybridized carbons (Fsp3) is 0.500. The zero-order chi connectivity index (χ0) is 12.4. The van der Waals surface area contributed by atoms with E-state index in [-0.39, 0.29) is 28.3 Å². The molecule has 0 spiro atoms. The van der Waals surface area contributed by atoms with E-state index in [1.165, 1.54) is 6.07 Å². The van der Waals surface area contributed by atoms with Gasteiger partial charge >= 0.3 is 0 Å². The number of anilines is 1. The number of nitrogens with zero attached hydrogens (tertiary/aromatic N) is 2. The van der Waals surface area contributed by atoms with Gasteiger partial charge in [-0.25, -0.2) is 9.97 Å². The number of rotatable bonds is 2. The number of carbonyl (C=O) groups is 1. The molecule has 1 aliphatic heterocycles. The first-order chi connectivity index (χ1) is 8.04. The van der Waals surface area contributed by atoms with Crippen LogP contribution in [0, 0.1) is 0 Å². The van der Waals surface area contributed by atoms with E-state index in [0.717, 1.165) is 6.42 Å². The number of hydrogen-bond donors (Lipinski definition) is 1. The SMILES string of the molecule is CC1CCC(C(=O)Nc2cc(Cl)nc(Cl)n2)O1. The summed E-state index contributed by atoms with van der Waals surface area (Å²) in [6.07, 6.45) is 1.27. The molecular formula is C10H11Cl2N3O2. The average Bonchev–Trinajstić information content (AvgIpc) is 2.63. The summed E-state index contributed by atoms with van der Waals surface area (Å²) in [4.78, 5) is 19.3. The Morgan fingerprint density at radius 2 is 2.24 bits per heavy atom. The fourth-order valence-electron chi connectivity index (χ4n) is 1.66. The Bertz CT molecular complexity index is 421. The first-order valence-electron chi connectivity index (χ1n) is 5.21. The molecule has 1 aromatic heterocycles. The molecule has 17 heavy (non-hydrogen) atoms. The topological polar surface area (TPSA) is 64.1 Å². The number of nitrogens with one attached hydrogen (secondary N) is 1. The van der Waals surface area contributed by atoms with Crippen molar-refractivity contribution in [1.29, 1.82) is 0 Å². The maximum absolute atomic E-state index is 11.8. The van der Waals surface area contributed by atoms with Gasteiger partial charge in [-0.1, -0.05) is 11.6 Å². The van der Waals surface area contributed by atoms with Gasteiger partial charge in [0.15, 0.2) is 0 Å². The van der Waals surface area contributed by atoms with Crippen LogP contribution >= 0.6 is 23.2 Å². The summed E-state index contributed by atoms with van der Waals surface area (Å²) >= 11 is 11.3. The van der Waals surface area contributed by atoms with Gasteiger partial charge in [0.05, 0.1) is 6.10 Å². The van der Waals surface area contributed by atoms with E-state index in [9.17, 15) is 4.79 Å². The Morgan fingerprint density at radius 3 is 2.82 bits per heavy atom. The lowest BCUT2D eigenvalue weighted by molar-refractivity contribution is -0.126. The monoisotopic (exact) mass is 275 g/mol. The standard InChI is InChI=1S/C10H11Cl2N3O2/c1-5-2-3-6(17-5)9(16)14-8-4-7(11)13-10(12)15-8/h4-6H,2-3H2,1H3,(H,13,14,15,16). The number of hydrogen-bond acceptors (Lipinski definition) is 4. The van der Waals surface area contributed by atoms with Crippen LogP contribution in [-0.4, -0.2) is 28.1 Å². The minimum Gasteiger partial charge on any atom is -0.365 e. The van der Waals surface area contributed by atoms with Gasteiger partial charge in [0.1, 0.15) is 17.1 Å². The van der Waals surface area contributed by atoms with Gasteiger partial charge in [-0.3, -0.25) is 4.79 Å². The van der Waals surface area contributed by atoms with Crippen LogP contribution in [0.4, 0.5) is 5.82 Å². The molecule has 2 atom stereocenters. The second-order valence-electron chi connectivity index (χ2n) is 3.85. The summed E-state index contributed by atoms with van der Waals surface area (Å²) in [5, 5.41) is 2.78. The minimum atomic E-state index is -0.433. The molecule has 92 valence electrons. The van der Waals surface area contributed by atoms with E-state index < -0.39 is 6.10 Å². The van der Waals surface area contributed by atoms with Crippen LogP contribution in [0.2, 0.25) is 10.4 Å². The molecule has 1 amide bonds. The summed E-state index contributed by atoms with van der Waals surface area (Å²) in [6, 6.07) is 1.43. The summed E-state index contributed by atoms with van der Waals surface area (Å²) in [5.41, 5.74) is 0. The van der Waals surface area contributed by atoms with Crippen LogP contribution in [0.1, 0.15) is 19.8 Å². The molecule has 1 fully saturated rings. The molecule has 0 aliphatic carbocycles. The molecule has 7 heteroatoms. The molecule has 2 unspecified atom stereocenters. The Kier molecular flexibility index (Phi) is 3.81. The van der Waals surface area contributed by atoms with E-state index >= 15 is 0 Å². The molecule has 0 bridgehead atoms. The third-order valence-electron chi connectivity index (χ3n) is 2.44. The number of halogens is 2. The number of aromatic nitrogens is 2. The molecule has 0 saturated carbocycles. The van der Waals surface area contributed by atoms with Crippen molar-refractivity contribution in [3.8, 4) is 0 Å². The normalized spacial score (nSPS) is 23.7. The maximum atomic E-state index is 11.8. The highest BCUT2D eigenvalue weighted by atomic mass is 35.5. The molecule has 1 aromatic rings. The summed E-state index contributed by atoms with van der Waals surface area (Å²) in [7, 11) is 0. The second-order valence-corrected chi connectivity index (χ2v) is 4.57. The van der Waals surface area contributed by atoms with Crippen molar-refractivity contribution in [2.45, 2.75) is 32.0 Å². The van der Waals surface area contributed by atoms with Gasteiger partial charge in [-0.15, -0.1) is 0 Å². The number of carbonyl (C=O) groups excluding carboxylic acids is 1. The van der Waals surface area contributed by atoms with Gasteiger partial charge in [0, 0.05) is 6.07 Å². The molecule has 1 N–H and O–H groups in total. The van der Waals surface area contributed by atoms with E-state index in [0.29, 0.717) is 6.42 Å². The quantitative estimate of drug-likeness (QED) is 0.665. The molecule has 0 radical (unpaired) electrons. The highest BCUT2D eigenvalue weighted by molar-refractivity contribution is 6.32. The molecule has 5 nitrogen and oxygen atoms in total. The van der Waals surface area contributed by atoms with Crippen LogP contribution in [0.25, 0.3) is 0 Å². The van der Waals surface area contributed by atoms with Crippen LogP contribution < -0.4 is 5.32 Å². The van der Waals surface area contributed by atoms with Crippen molar-refractivity contribution in [3.63, 3.8) is 0 Å². The minimum absolute atomic E-state index is 0.00601. The highest BCUT2D eigenvalue weighted by Gasteiger charge is 2.28. The second kappa shape index (κ2) is 5.16. The Hall–Kier alpha value is -0.910. The molecule has 1 saturated heterocycles. The van der Waals surface area contributed by atoms with E-state index in [1.807, 2.05) is 6.92 Å². The molecule has 1 aliphatic rings. The fourth-order valence-corrected chi connectivity index (χ4v) is 2.06. The van der Waals surface area contributed by atoms with E-state index in [1.54, 1.807) is 0 Å². The third-order valence-corrected chi connectivity index (χ3v) is 2.81. The summed E-state index contributed by atoms with van der Waals surface area (Å²) in [6.45, 7) is 1.94. The predicted octanol–water partition coefficient (Wildman–Crippen LogP) is 2.29. The van der Waals surface area contributed by atoms with Gasteiger partial charge in [0.2, 0.25) is 5.28 Å². The van der Waals surface area contributed by atoms with E-state index in [2.05, 4.69) is 15.3 Å². The summed E-state index contributed by atoms with van der Waals surface area (Å²) in [5.74, 6) is 0.0448.